The van der Waals surface area contributed by atoms with Gasteiger partial charge in [0.15, 0.2) is 11.6 Å². The second kappa shape index (κ2) is 6.02. The van der Waals surface area contributed by atoms with E-state index in [1.54, 1.807) is 0 Å². The summed E-state index contributed by atoms with van der Waals surface area (Å²) in [6.45, 7) is 3.91. The Hall–Kier alpha value is -1.25. The molecule has 0 spiro atoms. The van der Waals surface area contributed by atoms with Crippen molar-refractivity contribution in [2.45, 2.75) is 18.7 Å². The lowest BCUT2D eigenvalue weighted by Crippen LogP contribution is -2.28. The van der Waals surface area contributed by atoms with E-state index in [1.807, 2.05) is 13.8 Å². The molecule has 0 bridgehead atoms. The van der Waals surface area contributed by atoms with Gasteiger partial charge < -0.3 is 5.32 Å². The van der Waals surface area contributed by atoms with Crippen LogP contribution in [0.4, 0.5) is 8.78 Å². The molecule has 20 heavy (non-hydrogen) atoms. The van der Waals surface area contributed by atoms with Crippen LogP contribution in [-0.2, 0) is 10.0 Å². The maximum Gasteiger partial charge on any atom is 0.252 e. The van der Waals surface area contributed by atoms with E-state index in [9.17, 15) is 22.0 Å². The van der Waals surface area contributed by atoms with Crippen molar-refractivity contribution in [2.24, 2.45) is 11.1 Å². The predicted octanol–water partition coefficient (Wildman–Crippen LogP) is 1.65. The maximum atomic E-state index is 13.5. The number of sulfonamides is 1. The van der Waals surface area contributed by atoms with Crippen molar-refractivity contribution >= 4 is 27.5 Å². The second-order valence-corrected chi connectivity index (χ2v) is 6.39. The van der Waals surface area contributed by atoms with E-state index in [1.165, 1.54) is 0 Å². The fourth-order valence-electron chi connectivity index (χ4n) is 1.39. The number of carbonyl (C=O) groups is 1. The molecule has 0 atom stereocenters. The van der Waals surface area contributed by atoms with E-state index in [-0.39, 0.29) is 12.5 Å². The van der Waals surface area contributed by atoms with Crippen molar-refractivity contribution in [3.8, 4) is 0 Å². The van der Waals surface area contributed by atoms with Crippen LogP contribution in [0.5, 0.6) is 0 Å². The quantitative estimate of drug-likeness (QED) is 0.824. The highest BCUT2D eigenvalue weighted by molar-refractivity contribution is 7.89. The summed E-state index contributed by atoms with van der Waals surface area (Å²) < 4.78 is 49.3. The third-order valence-electron chi connectivity index (χ3n) is 2.32. The second-order valence-electron chi connectivity index (χ2n) is 4.51. The normalized spacial score (nSPS) is 11.8. The summed E-state index contributed by atoms with van der Waals surface area (Å²) in [7, 11) is -4.60. The maximum absolute atomic E-state index is 13.5. The number of benzene rings is 1. The summed E-state index contributed by atoms with van der Waals surface area (Å²) in [4.78, 5) is 10.6. The highest BCUT2D eigenvalue weighted by Gasteiger charge is 2.27. The monoisotopic (exact) mass is 326 g/mol. The Balaban J connectivity index is 3.37. The fraction of sp³-hybridized carbons (Fsp3) is 0.364. The molecule has 0 radical (unpaired) electrons. The van der Waals surface area contributed by atoms with Crippen LogP contribution < -0.4 is 10.5 Å². The first-order valence-electron chi connectivity index (χ1n) is 5.54. The van der Waals surface area contributed by atoms with E-state index >= 15 is 0 Å². The Bertz CT molecular complexity index is 648. The van der Waals surface area contributed by atoms with Crippen LogP contribution in [0, 0.1) is 17.6 Å². The van der Waals surface area contributed by atoms with Gasteiger partial charge in [-0.2, -0.15) is 0 Å². The molecule has 0 aromatic heterocycles. The van der Waals surface area contributed by atoms with Crippen LogP contribution in [0.25, 0.3) is 0 Å². The largest absolute Gasteiger partial charge is 0.352 e. The summed E-state index contributed by atoms with van der Waals surface area (Å²) in [6, 6.07) is 0.530. The van der Waals surface area contributed by atoms with E-state index in [2.05, 4.69) is 5.32 Å². The van der Waals surface area contributed by atoms with Crippen LogP contribution in [-0.4, -0.2) is 20.9 Å². The molecule has 0 aliphatic rings. The molecule has 1 rings (SSSR count). The Morgan fingerprint density at radius 2 is 2.00 bits per heavy atom. The summed E-state index contributed by atoms with van der Waals surface area (Å²) in [6.07, 6.45) is 0. The third kappa shape index (κ3) is 3.65. The Morgan fingerprint density at radius 3 is 2.45 bits per heavy atom. The van der Waals surface area contributed by atoms with Crippen LogP contribution >= 0.6 is 11.6 Å². The Kier molecular flexibility index (Phi) is 5.06. The van der Waals surface area contributed by atoms with Crippen LogP contribution in [0.2, 0.25) is 5.02 Å². The first kappa shape index (κ1) is 16.8. The first-order valence-corrected chi connectivity index (χ1v) is 7.46. The van der Waals surface area contributed by atoms with Gasteiger partial charge in [0.05, 0.1) is 10.6 Å². The molecular weight excluding hydrogens is 314 g/mol. The van der Waals surface area contributed by atoms with Crippen molar-refractivity contribution in [3.05, 3.63) is 28.3 Å². The average molecular weight is 327 g/mol. The van der Waals surface area contributed by atoms with Gasteiger partial charge in [-0.1, -0.05) is 25.4 Å². The number of nitrogens with one attached hydrogen (secondary N) is 1. The number of primary sulfonamides is 1. The molecule has 3 N–H and O–H groups in total. The van der Waals surface area contributed by atoms with Gasteiger partial charge >= 0.3 is 0 Å². The molecule has 0 unspecified atom stereocenters. The van der Waals surface area contributed by atoms with Crippen LogP contribution in [0.1, 0.15) is 24.2 Å². The topological polar surface area (TPSA) is 89.3 Å². The van der Waals surface area contributed by atoms with Gasteiger partial charge in [0.1, 0.15) is 4.90 Å². The molecule has 0 saturated carbocycles. The molecule has 112 valence electrons. The van der Waals surface area contributed by atoms with Crippen LogP contribution in [0.3, 0.4) is 0 Å². The van der Waals surface area contributed by atoms with E-state index in [0.29, 0.717) is 6.07 Å². The molecule has 0 saturated heterocycles. The minimum Gasteiger partial charge on any atom is -0.352 e. The molecule has 1 aromatic rings. The molecule has 1 amide bonds. The lowest BCUT2D eigenvalue weighted by atomic mass is 10.1. The number of hydrogen-bond acceptors (Lipinski definition) is 3. The Labute approximate surface area is 120 Å². The molecular formula is C11H13ClF2N2O3S. The number of amides is 1. The number of carbonyl (C=O) groups excluding carboxylic acids is 1. The first-order chi connectivity index (χ1) is 9.05. The van der Waals surface area contributed by atoms with E-state index in [0.717, 1.165) is 0 Å². The third-order valence-corrected chi connectivity index (χ3v) is 3.77. The van der Waals surface area contributed by atoms with E-state index in [4.69, 9.17) is 16.7 Å². The zero-order valence-corrected chi connectivity index (χ0v) is 12.3. The summed E-state index contributed by atoms with van der Waals surface area (Å²) in [5.74, 6) is -3.93. The molecule has 1 aromatic carbocycles. The molecule has 0 fully saturated rings. The molecule has 0 heterocycles. The molecule has 9 heteroatoms. The lowest BCUT2D eigenvalue weighted by molar-refractivity contribution is 0.0948. The van der Waals surface area contributed by atoms with E-state index < -0.39 is 43.0 Å². The molecule has 0 aliphatic carbocycles. The number of hydrogen-bond donors (Lipinski definition) is 2. The van der Waals surface area contributed by atoms with Crippen molar-refractivity contribution in [1.82, 2.24) is 5.32 Å². The minimum absolute atomic E-state index is 0.112. The zero-order chi connectivity index (χ0) is 15.7. The highest BCUT2D eigenvalue weighted by Crippen LogP contribution is 2.29. The number of nitrogens with two attached hydrogens (primary N) is 1. The Morgan fingerprint density at radius 1 is 1.45 bits per heavy atom. The molecule has 5 nitrogen and oxygen atoms in total. The van der Waals surface area contributed by atoms with Gasteiger partial charge in [0.25, 0.3) is 5.91 Å². The highest BCUT2D eigenvalue weighted by atomic mass is 35.5. The van der Waals surface area contributed by atoms with Crippen molar-refractivity contribution < 1.29 is 22.0 Å². The molecule has 0 aliphatic heterocycles. The minimum atomic E-state index is -4.60. The van der Waals surface area contributed by atoms with Gasteiger partial charge in [0, 0.05) is 6.54 Å². The van der Waals surface area contributed by atoms with Crippen molar-refractivity contribution in [3.63, 3.8) is 0 Å². The van der Waals surface area contributed by atoms with Gasteiger partial charge in [-0.25, -0.2) is 22.3 Å². The average Bonchev–Trinajstić information content (AvgIpc) is 2.29. The summed E-state index contributed by atoms with van der Waals surface area (Å²) in [5, 5.41) is 6.44. The lowest BCUT2D eigenvalue weighted by Gasteiger charge is -2.12. The zero-order valence-electron chi connectivity index (χ0n) is 10.7. The SMILES string of the molecule is CC(C)CNC(=O)c1cc(F)c(F)c(S(N)(=O)=O)c1Cl. The predicted molar refractivity (Wildman–Crippen MR) is 69.9 cm³/mol. The number of halogens is 3. The smallest absolute Gasteiger partial charge is 0.252 e. The fourth-order valence-corrected chi connectivity index (χ4v) is 2.64. The van der Waals surface area contributed by atoms with Crippen LogP contribution in [0.15, 0.2) is 11.0 Å². The standard InChI is InChI=1S/C11H13ClF2N2O3S/c1-5(2)4-16-11(17)6-3-7(13)9(14)10(8(6)12)20(15,18)19/h3,5H,4H2,1-2H3,(H,16,17)(H2,15,18,19). The summed E-state index contributed by atoms with van der Waals surface area (Å²) in [5.41, 5.74) is -0.491. The van der Waals surface area contributed by atoms with Crippen molar-refractivity contribution in [2.75, 3.05) is 6.54 Å². The summed E-state index contributed by atoms with van der Waals surface area (Å²) >= 11 is 5.65. The van der Waals surface area contributed by atoms with Crippen molar-refractivity contribution in [1.29, 1.82) is 0 Å². The van der Waals surface area contributed by atoms with Gasteiger partial charge in [-0.3, -0.25) is 4.79 Å². The van der Waals surface area contributed by atoms with Gasteiger partial charge in [0.2, 0.25) is 10.0 Å². The van der Waals surface area contributed by atoms with Gasteiger partial charge in [-0.05, 0) is 12.0 Å². The van der Waals surface area contributed by atoms with Gasteiger partial charge in [-0.15, -0.1) is 0 Å². The number of rotatable bonds is 4.